The molecule has 7 nitrogen and oxygen atoms in total. The van der Waals surface area contributed by atoms with Gasteiger partial charge < -0.3 is 20.8 Å². The lowest BCUT2D eigenvalue weighted by molar-refractivity contribution is -0.117. The third-order valence-corrected chi connectivity index (χ3v) is 5.18. The maximum Gasteiger partial charge on any atom is 0.238 e. The zero-order valence-electron chi connectivity index (χ0n) is 16.5. The number of nitrogens with one attached hydrogen (secondary N) is 2. The molecule has 0 aromatic heterocycles. The molecule has 1 amide bonds. The lowest BCUT2D eigenvalue weighted by Gasteiger charge is -2.32. The van der Waals surface area contributed by atoms with Gasteiger partial charge in [0.2, 0.25) is 5.91 Å². The Morgan fingerprint density at radius 2 is 1.86 bits per heavy atom. The number of rotatable bonds is 7. The van der Waals surface area contributed by atoms with Gasteiger partial charge in [0, 0.05) is 41.6 Å². The van der Waals surface area contributed by atoms with E-state index in [0.717, 1.165) is 31.6 Å². The molecule has 0 radical (unpaired) electrons. The second kappa shape index (κ2) is 9.54. The molecule has 2 aromatic rings. The largest absolute Gasteiger partial charge is 0.508 e. The van der Waals surface area contributed by atoms with Crippen LogP contribution in [0.3, 0.4) is 0 Å². The molecule has 7 heteroatoms. The first-order chi connectivity index (χ1) is 14.0. The van der Waals surface area contributed by atoms with E-state index in [0.29, 0.717) is 23.4 Å². The molecule has 1 aliphatic heterocycles. The molecule has 3 rings (SSSR count). The highest BCUT2D eigenvalue weighted by atomic mass is 16.3. The van der Waals surface area contributed by atoms with Crippen LogP contribution in [0.2, 0.25) is 0 Å². The number of nitrogens with zero attached hydrogens (tertiary/aromatic N) is 1. The van der Waals surface area contributed by atoms with Gasteiger partial charge in [0.05, 0.1) is 13.2 Å². The number of aromatic hydroxyl groups is 1. The van der Waals surface area contributed by atoms with Crippen molar-refractivity contribution >= 4 is 23.1 Å². The van der Waals surface area contributed by atoms with E-state index in [2.05, 4.69) is 15.5 Å². The number of Topliss-reactive ketones (excluding diaryl/α,β-unsaturated/α-hetero) is 1. The number of carbonyl (C=O) groups excluding carboxylic acids is 2. The summed E-state index contributed by atoms with van der Waals surface area (Å²) in [5, 5.41) is 25.6. The molecule has 0 bridgehead atoms. The first kappa shape index (κ1) is 20.8. The molecule has 0 saturated carbocycles. The number of amides is 1. The fourth-order valence-corrected chi connectivity index (χ4v) is 3.55. The highest BCUT2D eigenvalue weighted by Gasteiger charge is 2.22. The van der Waals surface area contributed by atoms with Crippen molar-refractivity contribution in [1.82, 2.24) is 4.90 Å². The number of anilines is 2. The summed E-state index contributed by atoms with van der Waals surface area (Å²) in [7, 11) is 0. The van der Waals surface area contributed by atoms with E-state index < -0.39 is 0 Å². The zero-order valence-corrected chi connectivity index (χ0v) is 16.5. The molecular weight excluding hydrogens is 370 g/mol. The Morgan fingerprint density at radius 3 is 2.55 bits per heavy atom. The maximum absolute atomic E-state index is 12.3. The summed E-state index contributed by atoms with van der Waals surface area (Å²) in [4.78, 5) is 25.9. The molecule has 1 aliphatic rings. The van der Waals surface area contributed by atoms with E-state index in [4.69, 9.17) is 0 Å². The third-order valence-electron chi connectivity index (χ3n) is 5.18. The smallest absolute Gasteiger partial charge is 0.238 e. The predicted molar refractivity (Wildman–Crippen MR) is 112 cm³/mol. The summed E-state index contributed by atoms with van der Waals surface area (Å²) >= 11 is 0. The number of aliphatic hydroxyl groups excluding tert-OH is 1. The van der Waals surface area contributed by atoms with Crippen molar-refractivity contribution in [2.75, 3.05) is 30.3 Å². The molecular formula is C22H27N3O4. The van der Waals surface area contributed by atoms with Gasteiger partial charge in [-0.2, -0.15) is 0 Å². The lowest BCUT2D eigenvalue weighted by Crippen LogP contribution is -2.42. The van der Waals surface area contributed by atoms with Gasteiger partial charge in [-0.15, -0.1) is 0 Å². The van der Waals surface area contributed by atoms with Crippen molar-refractivity contribution in [3.05, 3.63) is 53.6 Å². The number of phenols is 1. The number of carbonyl (C=O) groups is 2. The number of hydrogen-bond donors (Lipinski definition) is 4. The van der Waals surface area contributed by atoms with Crippen molar-refractivity contribution in [3.63, 3.8) is 0 Å². The number of piperidine rings is 1. The van der Waals surface area contributed by atoms with Gasteiger partial charge in [0.15, 0.2) is 5.78 Å². The van der Waals surface area contributed by atoms with Crippen LogP contribution in [0.5, 0.6) is 5.75 Å². The molecule has 1 saturated heterocycles. The molecule has 29 heavy (non-hydrogen) atoms. The molecule has 1 fully saturated rings. The average molecular weight is 397 g/mol. The van der Waals surface area contributed by atoms with Gasteiger partial charge in [-0.1, -0.05) is 18.2 Å². The molecule has 0 unspecified atom stereocenters. The van der Waals surface area contributed by atoms with E-state index >= 15 is 0 Å². The maximum atomic E-state index is 12.3. The number of ketones is 1. The predicted octanol–water partition coefficient (Wildman–Crippen LogP) is 2.60. The summed E-state index contributed by atoms with van der Waals surface area (Å²) in [6.07, 6.45) is 1.71. The van der Waals surface area contributed by atoms with Crippen LogP contribution in [0.25, 0.3) is 0 Å². The van der Waals surface area contributed by atoms with Crippen LogP contribution in [-0.2, 0) is 11.4 Å². The number of benzene rings is 2. The van der Waals surface area contributed by atoms with E-state index in [9.17, 15) is 19.8 Å². The summed E-state index contributed by atoms with van der Waals surface area (Å²) < 4.78 is 0. The number of hydrogen-bond acceptors (Lipinski definition) is 6. The van der Waals surface area contributed by atoms with Gasteiger partial charge in [0.1, 0.15) is 5.75 Å². The van der Waals surface area contributed by atoms with Crippen LogP contribution in [0.4, 0.5) is 11.4 Å². The molecule has 2 aromatic carbocycles. The van der Waals surface area contributed by atoms with Crippen LogP contribution in [-0.4, -0.2) is 52.5 Å². The zero-order chi connectivity index (χ0) is 20.8. The Morgan fingerprint density at radius 1 is 1.14 bits per heavy atom. The van der Waals surface area contributed by atoms with E-state index in [-0.39, 0.29) is 30.1 Å². The van der Waals surface area contributed by atoms with Crippen molar-refractivity contribution in [2.24, 2.45) is 0 Å². The monoisotopic (exact) mass is 397 g/mol. The number of aliphatic hydroxyl groups is 1. The normalized spacial score (nSPS) is 15.1. The molecule has 4 N–H and O–H groups in total. The van der Waals surface area contributed by atoms with Gasteiger partial charge in [-0.25, -0.2) is 0 Å². The molecule has 0 spiro atoms. The Bertz CT molecular complexity index is 876. The van der Waals surface area contributed by atoms with Crippen LogP contribution in [0.15, 0.2) is 42.5 Å². The third kappa shape index (κ3) is 5.56. The molecule has 0 aliphatic carbocycles. The summed E-state index contributed by atoms with van der Waals surface area (Å²) in [6.45, 7) is 3.11. The standard InChI is InChI=1S/C22H27N3O4/c1-15(27)16-4-2-5-18(12-16)24-22(29)13-25-10-8-17(9-11-25)23-20-6-3-7-21(28)19(20)14-26/h2-7,12,17,23,26,28H,8-11,13-14H2,1H3,(H,24,29). The van der Waals surface area contributed by atoms with Crippen molar-refractivity contribution in [2.45, 2.75) is 32.4 Å². The molecule has 0 atom stereocenters. The fourth-order valence-electron chi connectivity index (χ4n) is 3.55. The van der Waals surface area contributed by atoms with Crippen LogP contribution in [0, 0.1) is 0 Å². The first-order valence-corrected chi connectivity index (χ1v) is 9.77. The van der Waals surface area contributed by atoms with Crippen molar-refractivity contribution in [3.8, 4) is 5.75 Å². The summed E-state index contributed by atoms with van der Waals surface area (Å²) in [5.41, 5.74) is 2.44. The minimum atomic E-state index is -0.223. The Balaban J connectivity index is 1.48. The topological polar surface area (TPSA) is 102 Å². The quantitative estimate of drug-likeness (QED) is 0.536. The highest BCUT2D eigenvalue weighted by Crippen LogP contribution is 2.27. The van der Waals surface area contributed by atoms with E-state index in [1.807, 2.05) is 6.07 Å². The van der Waals surface area contributed by atoms with E-state index in [1.54, 1.807) is 36.4 Å². The minimum absolute atomic E-state index is 0.0354. The van der Waals surface area contributed by atoms with Gasteiger partial charge in [-0.05, 0) is 44.0 Å². The van der Waals surface area contributed by atoms with Gasteiger partial charge in [-0.3, -0.25) is 14.5 Å². The Hall–Kier alpha value is -2.90. The lowest BCUT2D eigenvalue weighted by atomic mass is 10.0. The van der Waals surface area contributed by atoms with Crippen molar-refractivity contribution < 1.29 is 19.8 Å². The van der Waals surface area contributed by atoms with E-state index in [1.165, 1.54) is 6.92 Å². The SMILES string of the molecule is CC(=O)c1cccc(NC(=O)CN2CCC(Nc3cccc(O)c3CO)CC2)c1. The molecule has 1 heterocycles. The second-order valence-electron chi connectivity index (χ2n) is 7.34. The summed E-state index contributed by atoms with van der Waals surface area (Å²) in [6, 6.07) is 12.3. The Kier molecular flexibility index (Phi) is 6.85. The average Bonchev–Trinajstić information content (AvgIpc) is 2.70. The van der Waals surface area contributed by atoms with Crippen LogP contribution < -0.4 is 10.6 Å². The fraction of sp³-hybridized carbons (Fsp3) is 0.364. The Labute approximate surface area is 170 Å². The second-order valence-corrected chi connectivity index (χ2v) is 7.34. The highest BCUT2D eigenvalue weighted by molar-refractivity contribution is 5.97. The number of likely N-dealkylation sites (tertiary alicyclic amines) is 1. The van der Waals surface area contributed by atoms with Gasteiger partial charge in [0.25, 0.3) is 0 Å². The summed E-state index contributed by atoms with van der Waals surface area (Å²) in [5.74, 6) is -0.0557. The van der Waals surface area contributed by atoms with Crippen molar-refractivity contribution in [1.29, 1.82) is 0 Å². The van der Waals surface area contributed by atoms with Gasteiger partial charge >= 0.3 is 0 Å². The minimum Gasteiger partial charge on any atom is -0.508 e. The molecule has 154 valence electrons. The van der Waals surface area contributed by atoms with Crippen LogP contribution >= 0.6 is 0 Å². The first-order valence-electron chi connectivity index (χ1n) is 9.77. The van der Waals surface area contributed by atoms with Crippen LogP contribution in [0.1, 0.15) is 35.7 Å².